The molecule has 336 valence electrons. The quantitative estimate of drug-likeness (QED) is 0.0679. The molecule has 13 nitrogen and oxygen atoms in total. The van der Waals surface area contributed by atoms with Gasteiger partial charge in [0.2, 0.25) is 5.56 Å². The molecule has 2 aliphatic rings. The first kappa shape index (κ1) is 44.8. The van der Waals surface area contributed by atoms with E-state index in [1.54, 1.807) is 41.3 Å². The van der Waals surface area contributed by atoms with Gasteiger partial charge >= 0.3 is 5.97 Å². The number of benzene rings is 5. The minimum absolute atomic E-state index is 0.0693. The highest BCUT2D eigenvalue weighted by Gasteiger charge is 2.30. The summed E-state index contributed by atoms with van der Waals surface area (Å²) < 4.78 is 12.0. The predicted molar refractivity (Wildman–Crippen MR) is 247 cm³/mol. The van der Waals surface area contributed by atoms with Gasteiger partial charge in [0.15, 0.2) is 6.61 Å². The Morgan fingerprint density at radius 1 is 0.785 bits per heavy atom. The molecule has 6 aromatic rings. The number of hydrogen-bond acceptors (Lipinski definition) is 10. The number of nitrogens with zero attached hydrogens (tertiary/aromatic N) is 2. The molecule has 13 heteroatoms. The molecule has 5 N–H and O–H groups in total. The number of hydrogen-bond donors (Lipinski definition) is 5. The Hall–Kier alpha value is -6.80. The van der Waals surface area contributed by atoms with Crippen LogP contribution in [0.2, 0.25) is 0 Å². The Labute approximate surface area is 378 Å². The van der Waals surface area contributed by atoms with Crippen molar-refractivity contribution < 1.29 is 34.1 Å². The number of ether oxygens (including phenoxy) is 2. The summed E-state index contributed by atoms with van der Waals surface area (Å²) in [5, 5.41) is 27.8. The van der Waals surface area contributed by atoms with Crippen LogP contribution in [0, 0.1) is 5.92 Å². The molecule has 0 radical (unpaired) electrons. The zero-order valence-corrected chi connectivity index (χ0v) is 36.2. The van der Waals surface area contributed by atoms with Gasteiger partial charge in [0.25, 0.3) is 11.8 Å². The van der Waals surface area contributed by atoms with E-state index >= 15 is 0 Å². The number of aromatic hydroxyl groups is 1. The van der Waals surface area contributed by atoms with Crippen molar-refractivity contribution in [1.82, 2.24) is 25.4 Å². The van der Waals surface area contributed by atoms with E-state index < -0.39 is 12.0 Å². The first-order valence-corrected chi connectivity index (χ1v) is 22.3. The fourth-order valence-electron chi connectivity index (χ4n) is 8.73. The van der Waals surface area contributed by atoms with Gasteiger partial charge in [-0.05, 0) is 102 Å². The number of piperidine rings is 1. The Balaban J connectivity index is 0.781. The van der Waals surface area contributed by atoms with Crippen molar-refractivity contribution in [3.05, 3.63) is 177 Å². The number of aliphatic hydroxyl groups excluding tert-OH is 1. The third-order valence-electron chi connectivity index (χ3n) is 12.4. The molecule has 2 amide bonds. The topological polar surface area (TPSA) is 174 Å². The Bertz CT molecular complexity index is 2610. The summed E-state index contributed by atoms with van der Waals surface area (Å²) in [4.78, 5) is 58.8. The van der Waals surface area contributed by atoms with Crippen molar-refractivity contribution in [3.8, 4) is 11.5 Å². The summed E-state index contributed by atoms with van der Waals surface area (Å²) >= 11 is 0. The van der Waals surface area contributed by atoms with Crippen molar-refractivity contribution in [2.24, 2.45) is 5.92 Å². The van der Waals surface area contributed by atoms with Crippen LogP contribution in [0.15, 0.2) is 138 Å². The lowest BCUT2D eigenvalue weighted by Crippen LogP contribution is -2.39. The smallest absolute Gasteiger partial charge is 0.317 e. The summed E-state index contributed by atoms with van der Waals surface area (Å²) in [5.74, 6) is -0.703. The maximum absolute atomic E-state index is 13.8. The van der Waals surface area contributed by atoms with Gasteiger partial charge in [-0.2, -0.15) is 0 Å². The minimum Gasteiger partial charge on any atom is -0.506 e. The van der Waals surface area contributed by atoms with Crippen molar-refractivity contribution >= 4 is 28.7 Å². The number of H-pyrrole nitrogens is 1. The Kier molecular flexibility index (Phi) is 14.6. The largest absolute Gasteiger partial charge is 0.506 e. The second-order valence-electron chi connectivity index (χ2n) is 17.0. The van der Waals surface area contributed by atoms with Gasteiger partial charge < -0.3 is 40.2 Å². The number of pyridine rings is 1. The number of carbonyl (C=O) groups is 3. The lowest BCUT2D eigenvalue weighted by molar-refractivity contribution is -0.146. The highest BCUT2D eigenvalue weighted by molar-refractivity contribution is 5.94. The summed E-state index contributed by atoms with van der Waals surface area (Å²) in [6.45, 7) is 4.53. The van der Waals surface area contributed by atoms with Crippen LogP contribution in [0.1, 0.15) is 69.5 Å². The van der Waals surface area contributed by atoms with Crippen molar-refractivity contribution in [2.45, 2.75) is 50.4 Å². The van der Waals surface area contributed by atoms with E-state index in [0.717, 1.165) is 49.2 Å². The van der Waals surface area contributed by atoms with E-state index in [1.807, 2.05) is 60.7 Å². The van der Waals surface area contributed by atoms with E-state index in [1.165, 1.54) is 17.7 Å². The average molecular weight is 878 g/mol. The Morgan fingerprint density at radius 2 is 1.52 bits per heavy atom. The van der Waals surface area contributed by atoms with Crippen LogP contribution in [0.4, 0.5) is 0 Å². The number of phenols is 1. The molecular weight excluding hydrogens is 823 g/mol. The molecule has 1 unspecified atom stereocenters. The molecule has 5 aromatic carbocycles. The molecule has 3 atom stereocenters. The molecule has 2 saturated heterocycles. The van der Waals surface area contributed by atoms with Gasteiger partial charge in [-0.25, -0.2) is 0 Å². The minimum atomic E-state index is -0.894. The summed E-state index contributed by atoms with van der Waals surface area (Å²) in [7, 11) is 0. The number of likely N-dealkylation sites (tertiary alicyclic amines) is 2. The van der Waals surface area contributed by atoms with Crippen LogP contribution < -0.4 is 20.9 Å². The van der Waals surface area contributed by atoms with E-state index in [-0.39, 0.29) is 53.8 Å². The zero-order chi connectivity index (χ0) is 45.1. The number of aromatic nitrogens is 1. The first-order valence-electron chi connectivity index (χ1n) is 22.3. The van der Waals surface area contributed by atoms with E-state index in [4.69, 9.17) is 9.47 Å². The molecule has 8 rings (SSSR count). The SMILES string of the molecule is O=C(N[C@@H]1CCN(C(=O)COc2cccc(C(C(=O)OCC3CCN(Cc4ccccc4)CC3)c3ccccc3)c2)C1)c1ccc(CNC[C@H](O)c2ccc(O)c3[nH]c(=O)ccc23)cc1. The fraction of sp³-hybridized carbons (Fsp3) is 0.308. The third kappa shape index (κ3) is 11.7. The van der Waals surface area contributed by atoms with Gasteiger partial charge in [0.1, 0.15) is 17.4 Å². The number of aromatic amines is 1. The molecule has 0 aliphatic carbocycles. The number of fused-ring (bicyclic) bond motifs is 1. The molecule has 65 heavy (non-hydrogen) atoms. The maximum atomic E-state index is 13.8. The highest BCUT2D eigenvalue weighted by Crippen LogP contribution is 2.31. The number of nitrogens with one attached hydrogen (secondary N) is 3. The lowest BCUT2D eigenvalue weighted by atomic mass is 9.91. The van der Waals surface area contributed by atoms with Gasteiger partial charge in [0, 0.05) is 55.8 Å². The van der Waals surface area contributed by atoms with E-state index in [0.29, 0.717) is 60.8 Å². The normalized spacial score (nSPS) is 16.5. The van der Waals surface area contributed by atoms with E-state index in [2.05, 4.69) is 44.8 Å². The van der Waals surface area contributed by atoms with Crippen LogP contribution >= 0.6 is 0 Å². The van der Waals surface area contributed by atoms with Crippen LogP contribution in [-0.2, 0) is 27.4 Å². The van der Waals surface area contributed by atoms with Gasteiger partial charge in [-0.1, -0.05) is 91.0 Å². The number of aliphatic hydroxyl groups is 1. The highest BCUT2D eigenvalue weighted by atomic mass is 16.5. The molecule has 2 fully saturated rings. The molecule has 0 spiro atoms. The Morgan fingerprint density at radius 3 is 2.29 bits per heavy atom. The molecule has 0 bridgehead atoms. The molecule has 2 aliphatic heterocycles. The zero-order valence-electron chi connectivity index (χ0n) is 36.2. The summed E-state index contributed by atoms with van der Waals surface area (Å²) in [6.07, 6.45) is 1.65. The van der Waals surface area contributed by atoms with Gasteiger partial charge in [-0.15, -0.1) is 0 Å². The maximum Gasteiger partial charge on any atom is 0.317 e. The summed E-state index contributed by atoms with van der Waals surface area (Å²) in [5.41, 5.74) is 4.74. The predicted octanol–water partition coefficient (Wildman–Crippen LogP) is 6.05. The number of esters is 1. The number of amides is 2. The van der Waals surface area contributed by atoms with Gasteiger partial charge in [0.05, 0.1) is 18.2 Å². The molecule has 1 aromatic heterocycles. The number of phenolic OH excluding ortho intramolecular Hbond substituents is 1. The third-order valence-corrected chi connectivity index (χ3v) is 12.4. The second kappa shape index (κ2) is 21.3. The van der Waals surface area contributed by atoms with Crippen LogP contribution in [0.3, 0.4) is 0 Å². The lowest BCUT2D eigenvalue weighted by Gasteiger charge is -2.32. The van der Waals surface area contributed by atoms with Gasteiger partial charge in [-0.3, -0.25) is 24.1 Å². The van der Waals surface area contributed by atoms with Crippen LogP contribution in [-0.4, -0.2) is 94.8 Å². The molecule has 0 saturated carbocycles. The summed E-state index contributed by atoms with van der Waals surface area (Å²) in [6, 6.07) is 40.3. The van der Waals surface area contributed by atoms with Crippen molar-refractivity contribution in [2.75, 3.05) is 45.9 Å². The fourth-order valence-corrected chi connectivity index (χ4v) is 8.73. The second-order valence-corrected chi connectivity index (χ2v) is 17.0. The van der Waals surface area contributed by atoms with Crippen molar-refractivity contribution in [1.29, 1.82) is 0 Å². The standard InChI is InChI=1S/C52H55N5O8/c58-45-20-18-43(44-19-21-47(60)55-50(44)45)46(59)30-53-29-35-14-16-39(17-15-35)51(62)54-41-24-27-57(32-41)48(61)34-64-42-13-7-12-40(28-42)49(38-10-5-2-6-11-38)52(63)65-33-37-22-25-56(26-23-37)31-36-8-3-1-4-9-36/h1-21,28,37,41,46,49,53,58-59H,22-27,29-34H2,(H,54,62)(H,55,60)/t41-,46+,49?/m1/s1. The number of carbonyl (C=O) groups excluding carboxylic acids is 3. The number of rotatable bonds is 17. The molecular formula is C52H55N5O8. The van der Waals surface area contributed by atoms with Crippen molar-refractivity contribution in [3.63, 3.8) is 0 Å². The van der Waals surface area contributed by atoms with Crippen LogP contribution in [0.5, 0.6) is 11.5 Å². The first-order chi connectivity index (χ1) is 31.7. The monoisotopic (exact) mass is 877 g/mol. The van der Waals surface area contributed by atoms with Crippen LogP contribution in [0.25, 0.3) is 10.9 Å². The average Bonchev–Trinajstić information content (AvgIpc) is 3.80. The van der Waals surface area contributed by atoms with E-state index in [9.17, 15) is 29.4 Å². The molecule has 3 heterocycles.